The summed E-state index contributed by atoms with van der Waals surface area (Å²) in [5, 5.41) is 14.7. The standard InChI is InChI=1S/C21H19ClFN9/c22-19-15(23)7-16(25)21(30-19)31-6-3-12(9-31)17(1-4-24)32-10-13(8-29-32)18-14-2-5-26-20(14)28-11-27-18/h2,5,7-8,10-12,17H,1,3,6,9,25H2,(H,26,27,28)/t12-,17?/m0/s1. The quantitative estimate of drug-likeness (QED) is 0.444. The molecule has 1 fully saturated rings. The Hall–Kier alpha value is -3.71. The van der Waals surface area contributed by atoms with E-state index in [0.29, 0.717) is 25.3 Å². The largest absolute Gasteiger partial charge is 0.396 e. The highest BCUT2D eigenvalue weighted by molar-refractivity contribution is 6.29. The van der Waals surface area contributed by atoms with E-state index >= 15 is 0 Å². The predicted molar refractivity (Wildman–Crippen MR) is 118 cm³/mol. The lowest BCUT2D eigenvalue weighted by molar-refractivity contribution is 0.332. The van der Waals surface area contributed by atoms with E-state index in [0.717, 1.165) is 28.7 Å². The summed E-state index contributed by atoms with van der Waals surface area (Å²) in [5.41, 5.74) is 8.61. The first-order chi connectivity index (χ1) is 15.5. The first-order valence-corrected chi connectivity index (χ1v) is 10.5. The smallest absolute Gasteiger partial charge is 0.167 e. The Morgan fingerprint density at radius 2 is 2.28 bits per heavy atom. The molecule has 0 aliphatic carbocycles. The molecule has 5 rings (SSSR count). The maximum absolute atomic E-state index is 13.6. The minimum absolute atomic E-state index is 0.130. The summed E-state index contributed by atoms with van der Waals surface area (Å²) in [6.07, 6.45) is 8.12. The van der Waals surface area contributed by atoms with E-state index in [1.54, 1.807) is 6.20 Å². The van der Waals surface area contributed by atoms with Gasteiger partial charge in [0.15, 0.2) is 16.8 Å². The number of nitrogens with one attached hydrogen (secondary N) is 1. The normalized spacial score (nSPS) is 17.0. The number of nitrogen functional groups attached to an aromatic ring is 1. The van der Waals surface area contributed by atoms with E-state index in [4.69, 9.17) is 17.3 Å². The topological polar surface area (TPSA) is 125 Å². The van der Waals surface area contributed by atoms with E-state index in [1.807, 2.05) is 28.0 Å². The number of hydrogen-bond donors (Lipinski definition) is 2. The van der Waals surface area contributed by atoms with E-state index in [-0.39, 0.29) is 22.8 Å². The van der Waals surface area contributed by atoms with Gasteiger partial charge in [-0.05, 0) is 12.5 Å². The van der Waals surface area contributed by atoms with Crippen LogP contribution in [0.5, 0.6) is 0 Å². The van der Waals surface area contributed by atoms with E-state index in [9.17, 15) is 9.65 Å². The summed E-state index contributed by atoms with van der Waals surface area (Å²) in [6.45, 7) is 1.28. The van der Waals surface area contributed by atoms with Gasteiger partial charge in [0.1, 0.15) is 12.0 Å². The molecule has 0 spiro atoms. The molecule has 5 heterocycles. The molecule has 1 aliphatic heterocycles. The molecule has 0 radical (unpaired) electrons. The zero-order chi connectivity index (χ0) is 22.2. The third-order valence-electron chi connectivity index (χ3n) is 5.88. The molecule has 9 nitrogen and oxygen atoms in total. The van der Waals surface area contributed by atoms with Crippen molar-refractivity contribution in [2.75, 3.05) is 23.7 Å². The molecule has 0 aromatic carbocycles. The third-order valence-corrected chi connectivity index (χ3v) is 6.14. The number of fused-ring (bicyclic) bond motifs is 1. The second-order valence-corrected chi connectivity index (χ2v) is 8.13. The molecule has 11 heteroatoms. The molecule has 1 saturated heterocycles. The lowest BCUT2D eigenvalue weighted by atomic mass is 9.96. The molecule has 4 aromatic heterocycles. The van der Waals surface area contributed by atoms with Crippen LogP contribution < -0.4 is 10.6 Å². The molecule has 0 bridgehead atoms. The van der Waals surface area contributed by atoms with Crippen molar-refractivity contribution in [3.05, 3.63) is 48.0 Å². The summed E-state index contributed by atoms with van der Waals surface area (Å²) in [7, 11) is 0. The summed E-state index contributed by atoms with van der Waals surface area (Å²) < 4.78 is 15.5. The highest BCUT2D eigenvalue weighted by atomic mass is 35.5. The molecule has 0 saturated carbocycles. The molecule has 4 aromatic rings. The first-order valence-electron chi connectivity index (χ1n) is 10.1. The van der Waals surface area contributed by atoms with Gasteiger partial charge in [0.25, 0.3) is 0 Å². The zero-order valence-electron chi connectivity index (χ0n) is 16.9. The average Bonchev–Trinajstić information content (AvgIpc) is 3.54. The number of H-pyrrole nitrogens is 1. The van der Waals surface area contributed by atoms with Crippen molar-refractivity contribution in [1.82, 2.24) is 29.7 Å². The number of nitrogens with zero attached hydrogens (tertiary/aromatic N) is 7. The van der Waals surface area contributed by atoms with Gasteiger partial charge in [-0.2, -0.15) is 10.4 Å². The predicted octanol–water partition coefficient (Wildman–Crippen LogP) is 3.57. The van der Waals surface area contributed by atoms with Crippen LogP contribution >= 0.6 is 11.6 Å². The molecule has 32 heavy (non-hydrogen) atoms. The van der Waals surface area contributed by atoms with Crippen molar-refractivity contribution in [3.8, 4) is 17.3 Å². The fourth-order valence-corrected chi connectivity index (χ4v) is 4.47. The summed E-state index contributed by atoms with van der Waals surface area (Å²) in [6, 6.07) is 5.25. The molecular weight excluding hydrogens is 433 g/mol. The Labute approximate surface area is 187 Å². The minimum atomic E-state index is -0.642. The number of anilines is 2. The lowest BCUT2D eigenvalue weighted by Crippen LogP contribution is -2.26. The van der Waals surface area contributed by atoms with E-state index < -0.39 is 5.82 Å². The van der Waals surface area contributed by atoms with Crippen LogP contribution in [0.2, 0.25) is 5.15 Å². The number of aromatic nitrogens is 6. The lowest BCUT2D eigenvalue weighted by Gasteiger charge is -2.23. The van der Waals surface area contributed by atoms with Crippen LogP contribution in [0.25, 0.3) is 22.3 Å². The van der Waals surface area contributed by atoms with Crippen LogP contribution in [0, 0.1) is 23.1 Å². The minimum Gasteiger partial charge on any atom is -0.396 e. The second kappa shape index (κ2) is 8.09. The molecular formula is C21H19ClFN9. The molecule has 162 valence electrons. The van der Waals surface area contributed by atoms with Crippen molar-refractivity contribution in [1.29, 1.82) is 5.26 Å². The highest BCUT2D eigenvalue weighted by Crippen LogP contribution is 2.36. The van der Waals surface area contributed by atoms with Gasteiger partial charge in [-0.1, -0.05) is 11.6 Å². The Balaban J connectivity index is 1.41. The highest BCUT2D eigenvalue weighted by Gasteiger charge is 2.33. The van der Waals surface area contributed by atoms with E-state index in [2.05, 4.69) is 31.1 Å². The maximum atomic E-state index is 13.6. The van der Waals surface area contributed by atoms with Crippen LogP contribution in [0.3, 0.4) is 0 Å². The van der Waals surface area contributed by atoms with Crippen LogP contribution in [0.1, 0.15) is 18.9 Å². The van der Waals surface area contributed by atoms with Gasteiger partial charge in [0.05, 0.1) is 36.1 Å². The SMILES string of the molecule is N#CCC([C@H]1CCN(c2nc(Cl)c(F)cc2N)C1)n1cc(-c2ncnc3[nH]ccc23)cn1. The molecule has 0 amide bonds. The van der Waals surface area contributed by atoms with Gasteiger partial charge in [0, 0.05) is 48.4 Å². The number of hydrogen-bond acceptors (Lipinski definition) is 7. The monoisotopic (exact) mass is 451 g/mol. The Morgan fingerprint density at radius 1 is 1.41 bits per heavy atom. The Bertz CT molecular complexity index is 1320. The summed E-state index contributed by atoms with van der Waals surface area (Å²) in [4.78, 5) is 17.8. The fourth-order valence-electron chi connectivity index (χ4n) is 4.33. The average molecular weight is 452 g/mol. The van der Waals surface area contributed by atoms with Crippen LogP contribution in [0.4, 0.5) is 15.9 Å². The third kappa shape index (κ3) is 3.50. The van der Waals surface area contributed by atoms with Crippen molar-refractivity contribution in [2.45, 2.75) is 18.9 Å². The van der Waals surface area contributed by atoms with Crippen molar-refractivity contribution in [3.63, 3.8) is 0 Å². The maximum Gasteiger partial charge on any atom is 0.167 e. The van der Waals surface area contributed by atoms with Crippen molar-refractivity contribution < 1.29 is 4.39 Å². The van der Waals surface area contributed by atoms with Gasteiger partial charge in [0.2, 0.25) is 0 Å². The summed E-state index contributed by atoms with van der Waals surface area (Å²) in [5.74, 6) is -0.0481. The number of pyridine rings is 1. The number of nitriles is 1. The van der Waals surface area contributed by atoms with Crippen LogP contribution in [-0.4, -0.2) is 42.8 Å². The molecule has 3 N–H and O–H groups in total. The molecule has 1 aliphatic rings. The van der Waals surface area contributed by atoms with Gasteiger partial charge in [-0.25, -0.2) is 19.3 Å². The first kappa shape index (κ1) is 20.2. The second-order valence-electron chi connectivity index (χ2n) is 7.77. The van der Waals surface area contributed by atoms with Gasteiger partial charge in [-0.3, -0.25) is 4.68 Å². The van der Waals surface area contributed by atoms with Crippen molar-refractivity contribution >= 4 is 34.1 Å². The number of aromatic amines is 1. The zero-order valence-corrected chi connectivity index (χ0v) is 17.7. The van der Waals surface area contributed by atoms with E-state index in [1.165, 1.54) is 12.4 Å². The molecule has 2 atom stereocenters. The van der Waals surface area contributed by atoms with Crippen LogP contribution in [0.15, 0.2) is 37.1 Å². The number of halogens is 2. The molecule has 1 unspecified atom stereocenters. The van der Waals surface area contributed by atoms with Gasteiger partial charge in [-0.15, -0.1) is 0 Å². The van der Waals surface area contributed by atoms with Gasteiger partial charge >= 0.3 is 0 Å². The van der Waals surface area contributed by atoms with Crippen molar-refractivity contribution in [2.24, 2.45) is 5.92 Å². The van der Waals surface area contributed by atoms with Gasteiger partial charge < -0.3 is 15.6 Å². The number of rotatable bonds is 5. The Morgan fingerprint density at radius 3 is 3.12 bits per heavy atom. The van der Waals surface area contributed by atoms with Crippen LogP contribution in [-0.2, 0) is 0 Å². The fraction of sp³-hybridized carbons (Fsp3) is 0.286. The number of nitrogens with two attached hydrogens (primary N) is 1. The summed E-state index contributed by atoms with van der Waals surface area (Å²) >= 11 is 5.86. The Kier molecular flexibility index (Phi) is 5.11.